The summed E-state index contributed by atoms with van der Waals surface area (Å²) in [4.78, 5) is 2.62. The Bertz CT molecular complexity index is 405. The van der Waals surface area contributed by atoms with Gasteiger partial charge in [0.25, 0.3) is 0 Å². The Labute approximate surface area is 118 Å². The summed E-state index contributed by atoms with van der Waals surface area (Å²) in [5.41, 5.74) is 4.13. The molecule has 1 aliphatic heterocycles. The van der Waals surface area contributed by atoms with E-state index in [1.165, 1.54) is 23.2 Å². The Morgan fingerprint density at radius 3 is 2.37 bits per heavy atom. The van der Waals surface area contributed by atoms with E-state index in [-0.39, 0.29) is 0 Å². The molecule has 1 aromatic carbocycles. The van der Waals surface area contributed by atoms with E-state index >= 15 is 0 Å². The van der Waals surface area contributed by atoms with Gasteiger partial charge in [-0.3, -0.25) is 0 Å². The second-order valence-electron chi connectivity index (χ2n) is 6.32. The first-order valence-corrected chi connectivity index (χ1v) is 7.59. The lowest BCUT2D eigenvalue weighted by Crippen LogP contribution is -2.58. The van der Waals surface area contributed by atoms with Crippen LogP contribution in [0.3, 0.4) is 0 Å². The summed E-state index contributed by atoms with van der Waals surface area (Å²) in [5, 5.41) is 3.69. The summed E-state index contributed by atoms with van der Waals surface area (Å²) >= 11 is 0. The summed E-state index contributed by atoms with van der Waals surface area (Å²) < 4.78 is 0. The van der Waals surface area contributed by atoms with Gasteiger partial charge in [-0.1, -0.05) is 26.8 Å². The fourth-order valence-corrected chi connectivity index (χ4v) is 3.12. The summed E-state index contributed by atoms with van der Waals surface area (Å²) in [6, 6.07) is 8.15. The van der Waals surface area contributed by atoms with Gasteiger partial charge in [-0.05, 0) is 49.4 Å². The Morgan fingerprint density at radius 2 is 1.84 bits per heavy atom. The van der Waals surface area contributed by atoms with E-state index in [9.17, 15) is 0 Å². The Hall–Kier alpha value is -1.02. The minimum Gasteiger partial charge on any atom is -0.365 e. The summed E-state index contributed by atoms with van der Waals surface area (Å²) in [5.74, 6) is 0.672. The van der Waals surface area contributed by atoms with Gasteiger partial charge in [0, 0.05) is 30.9 Å². The average Bonchev–Trinajstić information content (AvgIpc) is 2.36. The van der Waals surface area contributed by atoms with E-state index in [4.69, 9.17) is 0 Å². The number of benzene rings is 1. The van der Waals surface area contributed by atoms with E-state index in [0.29, 0.717) is 18.0 Å². The average molecular weight is 260 g/mol. The Balaban J connectivity index is 2.30. The van der Waals surface area contributed by atoms with E-state index in [1.807, 2.05) is 0 Å². The normalized spacial score (nSPS) is 24.0. The standard InChI is InChI=1S/C17H28N2/c1-6-15-11-19(17(10-18-15)12(2)3)16-8-13(4)7-14(5)9-16/h7-9,12,15,17-18H,6,10-11H2,1-5H3. The first kappa shape index (κ1) is 14.4. The lowest BCUT2D eigenvalue weighted by molar-refractivity contribution is 0.333. The molecule has 1 saturated heterocycles. The highest BCUT2D eigenvalue weighted by molar-refractivity contribution is 5.52. The number of anilines is 1. The Kier molecular flexibility index (Phi) is 4.51. The molecular weight excluding hydrogens is 232 g/mol. The lowest BCUT2D eigenvalue weighted by atomic mass is 9.96. The monoisotopic (exact) mass is 260 g/mol. The molecule has 19 heavy (non-hydrogen) atoms. The topological polar surface area (TPSA) is 15.3 Å². The molecule has 0 radical (unpaired) electrons. The van der Waals surface area contributed by atoms with Crippen LogP contribution in [0, 0.1) is 19.8 Å². The second kappa shape index (κ2) is 5.96. The molecule has 0 amide bonds. The van der Waals surface area contributed by atoms with Crippen molar-refractivity contribution in [1.82, 2.24) is 5.32 Å². The molecule has 1 aromatic rings. The van der Waals surface area contributed by atoms with E-state index in [2.05, 4.69) is 63.0 Å². The highest BCUT2D eigenvalue weighted by Crippen LogP contribution is 2.26. The van der Waals surface area contributed by atoms with E-state index < -0.39 is 0 Å². The molecule has 0 spiro atoms. The van der Waals surface area contributed by atoms with Crippen molar-refractivity contribution >= 4 is 5.69 Å². The predicted molar refractivity (Wildman–Crippen MR) is 84.0 cm³/mol. The molecule has 2 heteroatoms. The van der Waals surface area contributed by atoms with Crippen LogP contribution in [0.25, 0.3) is 0 Å². The number of aryl methyl sites for hydroxylation is 2. The fourth-order valence-electron chi connectivity index (χ4n) is 3.12. The maximum atomic E-state index is 3.69. The highest BCUT2D eigenvalue weighted by Gasteiger charge is 2.29. The lowest BCUT2D eigenvalue weighted by Gasteiger charge is -2.44. The third kappa shape index (κ3) is 3.30. The SMILES string of the molecule is CCC1CN(c2cc(C)cc(C)c2)C(C(C)C)CN1. The first-order chi connectivity index (χ1) is 9.01. The minimum absolute atomic E-state index is 0.601. The van der Waals surface area contributed by atoms with Crippen LogP contribution in [0.4, 0.5) is 5.69 Å². The molecule has 2 unspecified atom stereocenters. The van der Waals surface area contributed by atoms with Crippen LogP contribution in [0.5, 0.6) is 0 Å². The number of rotatable bonds is 3. The van der Waals surface area contributed by atoms with Crippen molar-refractivity contribution in [1.29, 1.82) is 0 Å². The molecular formula is C17H28N2. The van der Waals surface area contributed by atoms with E-state index in [1.54, 1.807) is 0 Å². The first-order valence-electron chi connectivity index (χ1n) is 7.59. The smallest absolute Gasteiger partial charge is 0.0438 e. The van der Waals surface area contributed by atoms with Gasteiger partial charge >= 0.3 is 0 Å². The fraction of sp³-hybridized carbons (Fsp3) is 0.647. The molecule has 1 N–H and O–H groups in total. The molecule has 106 valence electrons. The van der Waals surface area contributed by atoms with Crippen molar-refractivity contribution in [2.45, 2.75) is 53.1 Å². The largest absolute Gasteiger partial charge is 0.365 e. The molecule has 1 heterocycles. The van der Waals surface area contributed by atoms with Gasteiger partial charge in [-0.25, -0.2) is 0 Å². The van der Waals surface area contributed by atoms with Gasteiger partial charge < -0.3 is 10.2 Å². The highest BCUT2D eigenvalue weighted by atomic mass is 15.2. The quantitative estimate of drug-likeness (QED) is 0.894. The van der Waals surface area contributed by atoms with Crippen LogP contribution in [0.1, 0.15) is 38.3 Å². The van der Waals surface area contributed by atoms with Gasteiger partial charge in [0.2, 0.25) is 0 Å². The van der Waals surface area contributed by atoms with Crippen LogP contribution in [-0.4, -0.2) is 25.2 Å². The van der Waals surface area contributed by atoms with Crippen molar-refractivity contribution in [3.05, 3.63) is 29.3 Å². The number of nitrogens with one attached hydrogen (secondary N) is 1. The Morgan fingerprint density at radius 1 is 1.21 bits per heavy atom. The van der Waals surface area contributed by atoms with Crippen LogP contribution in [0.15, 0.2) is 18.2 Å². The molecule has 2 rings (SSSR count). The maximum Gasteiger partial charge on any atom is 0.0438 e. The van der Waals surface area contributed by atoms with Gasteiger partial charge in [0.05, 0.1) is 0 Å². The van der Waals surface area contributed by atoms with Gasteiger partial charge in [0.15, 0.2) is 0 Å². The molecule has 0 bridgehead atoms. The zero-order valence-corrected chi connectivity index (χ0v) is 13.0. The molecule has 0 aliphatic carbocycles. The molecule has 1 aliphatic rings. The summed E-state index contributed by atoms with van der Waals surface area (Å²) in [6.07, 6.45) is 1.20. The van der Waals surface area contributed by atoms with Crippen molar-refractivity contribution < 1.29 is 0 Å². The third-order valence-electron chi connectivity index (χ3n) is 4.23. The van der Waals surface area contributed by atoms with Crippen LogP contribution >= 0.6 is 0 Å². The zero-order valence-electron chi connectivity index (χ0n) is 13.0. The van der Waals surface area contributed by atoms with E-state index in [0.717, 1.165) is 13.1 Å². The maximum absolute atomic E-state index is 3.69. The van der Waals surface area contributed by atoms with Gasteiger partial charge in [0.1, 0.15) is 0 Å². The molecule has 0 saturated carbocycles. The van der Waals surface area contributed by atoms with Crippen molar-refractivity contribution in [3.63, 3.8) is 0 Å². The number of piperazine rings is 1. The van der Waals surface area contributed by atoms with Gasteiger partial charge in [-0.2, -0.15) is 0 Å². The number of hydrogen-bond donors (Lipinski definition) is 1. The minimum atomic E-state index is 0.601. The van der Waals surface area contributed by atoms with Gasteiger partial charge in [-0.15, -0.1) is 0 Å². The molecule has 0 aromatic heterocycles. The van der Waals surface area contributed by atoms with Crippen LogP contribution in [-0.2, 0) is 0 Å². The summed E-state index contributed by atoms with van der Waals surface area (Å²) in [7, 11) is 0. The van der Waals surface area contributed by atoms with Crippen molar-refractivity contribution in [3.8, 4) is 0 Å². The number of nitrogens with zero attached hydrogens (tertiary/aromatic N) is 1. The summed E-state index contributed by atoms with van der Waals surface area (Å²) in [6.45, 7) is 13.5. The number of hydrogen-bond acceptors (Lipinski definition) is 2. The molecule has 2 atom stereocenters. The second-order valence-corrected chi connectivity index (χ2v) is 6.32. The zero-order chi connectivity index (χ0) is 14.0. The third-order valence-corrected chi connectivity index (χ3v) is 4.23. The predicted octanol–water partition coefficient (Wildman–Crippen LogP) is 3.52. The van der Waals surface area contributed by atoms with Crippen molar-refractivity contribution in [2.75, 3.05) is 18.0 Å². The van der Waals surface area contributed by atoms with Crippen LogP contribution in [0.2, 0.25) is 0 Å². The molecule has 1 fully saturated rings. The van der Waals surface area contributed by atoms with Crippen LogP contribution < -0.4 is 10.2 Å². The molecule has 2 nitrogen and oxygen atoms in total. The van der Waals surface area contributed by atoms with Crippen molar-refractivity contribution in [2.24, 2.45) is 5.92 Å².